The molecule has 0 unspecified atom stereocenters. The number of benzene rings is 1. The van der Waals surface area contributed by atoms with Gasteiger partial charge < -0.3 is 14.5 Å². The van der Waals surface area contributed by atoms with Crippen LogP contribution in [0.1, 0.15) is 20.8 Å². The molecule has 2 rings (SSSR count). The Kier molecular flexibility index (Phi) is 4.12. The summed E-state index contributed by atoms with van der Waals surface area (Å²) < 4.78 is 12.1. The molecule has 0 bridgehead atoms. The maximum absolute atomic E-state index is 12.3. The minimum atomic E-state index is -0.420. The number of fused-ring (bicyclic) bond motifs is 1. The summed E-state index contributed by atoms with van der Waals surface area (Å²) in [6.07, 6.45) is 0. The van der Waals surface area contributed by atoms with Gasteiger partial charge in [0.25, 0.3) is 5.56 Å². The topological polar surface area (TPSA) is 73.3 Å². The molecule has 1 heterocycles. The van der Waals surface area contributed by atoms with Crippen LogP contribution in [0, 0.1) is 0 Å². The molecule has 0 fully saturated rings. The molecule has 1 N–H and O–H groups in total. The number of hydrogen-bond donors (Lipinski definition) is 1. The van der Waals surface area contributed by atoms with Gasteiger partial charge in [-0.15, -0.1) is 0 Å². The first-order valence-electron chi connectivity index (χ1n) is 6.68. The number of aromatic nitrogens is 2. The number of hydrogen-bond acceptors (Lipinski definition) is 4. The molecule has 20 heavy (non-hydrogen) atoms. The maximum atomic E-state index is 12.3. The molecule has 0 aliphatic carbocycles. The van der Waals surface area contributed by atoms with E-state index in [1.807, 2.05) is 13.8 Å². The zero-order valence-corrected chi connectivity index (χ0v) is 11.9. The third-order valence-corrected chi connectivity index (χ3v) is 2.96. The average molecular weight is 278 g/mol. The van der Waals surface area contributed by atoms with Crippen LogP contribution in [0.2, 0.25) is 0 Å². The number of nitrogens with zero attached hydrogens (tertiary/aromatic N) is 1. The number of nitrogens with one attached hydrogen (secondary N) is 1. The summed E-state index contributed by atoms with van der Waals surface area (Å²) >= 11 is 0. The van der Waals surface area contributed by atoms with Crippen molar-refractivity contribution in [1.82, 2.24) is 9.55 Å². The second-order valence-corrected chi connectivity index (χ2v) is 4.19. The first-order valence-corrected chi connectivity index (χ1v) is 6.68. The van der Waals surface area contributed by atoms with E-state index in [9.17, 15) is 9.59 Å². The van der Waals surface area contributed by atoms with Crippen LogP contribution in [0.15, 0.2) is 21.7 Å². The van der Waals surface area contributed by atoms with E-state index in [0.29, 0.717) is 42.2 Å². The van der Waals surface area contributed by atoms with Crippen molar-refractivity contribution in [2.45, 2.75) is 27.3 Å². The zero-order valence-electron chi connectivity index (χ0n) is 11.9. The van der Waals surface area contributed by atoms with Gasteiger partial charge in [0.15, 0.2) is 11.5 Å². The van der Waals surface area contributed by atoms with Gasteiger partial charge >= 0.3 is 5.69 Å². The molecule has 0 atom stereocenters. The predicted octanol–water partition coefficient (Wildman–Crippen LogP) is 1.51. The SMILES string of the molecule is CCOc1cc2[nH]c(=O)n(CC)c(=O)c2cc1OCC. The lowest BCUT2D eigenvalue weighted by Gasteiger charge is -2.12. The molecule has 1 aromatic heterocycles. The Morgan fingerprint density at radius 3 is 2.20 bits per heavy atom. The average Bonchev–Trinajstić information content (AvgIpc) is 2.41. The quantitative estimate of drug-likeness (QED) is 0.899. The summed E-state index contributed by atoms with van der Waals surface area (Å²) in [5, 5.41) is 0.415. The Morgan fingerprint density at radius 1 is 1.05 bits per heavy atom. The highest BCUT2D eigenvalue weighted by Gasteiger charge is 2.12. The molecule has 0 saturated heterocycles. The van der Waals surface area contributed by atoms with Crippen molar-refractivity contribution in [1.29, 1.82) is 0 Å². The molecule has 0 radical (unpaired) electrons. The molecule has 2 aromatic rings. The molecule has 0 aliphatic rings. The van der Waals surface area contributed by atoms with Crippen molar-refractivity contribution in [3.05, 3.63) is 33.0 Å². The maximum Gasteiger partial charge on any atom is 0.328 e. The predicted molar refractivity (Wildman–Crippen MR) is 76.8 cm³/mol. The van der Waals surface area contributed by atoms with Gasteiger partial charge in [-0.3, -0.25) is 9.36 Å². The normalized spacial score (nSPS) is 10.8. The Hall–Kier alpha value is -2.24. The molecule has 6 heteroatoms. The number of rotatable bonds is 5. The van der Waals surface area contributed by atoms with E-state index < -0.39 is 5.69 Å². The van der Waals surface area contributed by atoms with Crippen LogP contribution in [-0.4, -0.2) is 22.8 Å². The molecule has 6 nitrogen and oxygen atoms in total. The second-order valence-electron chi connectivity index (χ2n) is 4.19. The molecule has 0 saturated carbocycles. The standard InChI is InChI=1S/C14H18N2O4/c1-4-16-13(17)9-7-11(19-5-2)12(20-6-3)8-10(9)15-14(16)18/h7-8H,4-6H2,1-3H3,(H,15,18). The molecule has 0 amide bonds. The summed E-state index contributed by atoms with van der Waals surface area (Å²) in [5.74, 6) is 1.03. The highest BCUT2D eigenvalue weighted by molar-refractivity contribution is 5.81. The van der Waals surface area contributed by atoms with Crippen LogP contribution in [-0.2, 0) is 6.54 Å². The Labute approximate surface area is 116 Å². The lowest BCUT2D eigenvalue weighted by Crippen LogP contribution is -2.34. The lowest BCUT2D eigenvalue weighted by molar-refractivity contribution is 0.288. The van der Waals surface area contributed by atoms with E-state index in [1.165, 1.54) is 0 Å². The fourth-order valence-electron chi connectivity index (χ4n) is 2.08. The van der Waals surface area contributed by atoms with Crippen LogP contribution >= 0.6 is 0 Å². The highest BCUT2D eigenvalue weighted by atomic mass is 16.5. The summed E-state index contributed by atoms with van der Waals surface area (Å²) in [7, 11) is 0. The Balaban J connectivity index is 2.77. The fraction of sp³-hybridized carbons (Fsp3) is 0.429. The van der Waals surface area contributed by atoms with Gasteiger partial charge in [0.05, 0.1) is 24.1 Å². The molecule has 0 aliphatic heterocycles. The first kappa shape index (κ1) is 14.2. The number of aromatic amines is 1. The second kappa shape index (κ2) is 5.81. The molecule has 0 spiro atoms. The van der Waals surface area contributed by atoms with Crippen molar-refractivity contribution in [3.8, 4) is 11.5 Å². The third-order valence-electron chi connectivity index (χ3n) is 2.96. The van der Waals surface area contributed by atoms with Crippen molar-refractivity contribution >= 4 is 10.9 Å². The highest BCUT2D eigenvalue weighted by Crippen LogP contribution is 2.30. The van der Waals surface area contributed by atoms with Crippen molar-refractivity contribution in [2.24, 2.45) is 0 Å². The van der Waals surface area contributed by atoms with E-state index in [0.717, 1.165) is 4.57 Å². The van der Waals surface area contributed by atoms with Crippen molar-refractivity contribution in [2.75, 3.05) is 13.2 Å². The number of ether oxygens (including phenoxy) is 2. The van der Waals surface area contributed by atoms with Crippen molar-refractivity contribution < 1.29 is 9.47 Å². The lowest BCUT2D eigenvalue weighted by atomic mass is 10.2. The molecular weight excluding hydrogens is 260 g/mol. The van der Waals surface area contributed by atoms with E-state index in [4.69, 9.17) is 9.47 Å². The zero-order chi connectivity index (χ0) is 14.7. The van der Waals surface area contributed by atoms with Gasteiger partial charge in [0, 0.05) is 12.6 Å². The molecule has 1 aromatic carbocycles. The summed E-state index contributed by atoms with van der Waals surface area (Å²) in [4.78, 5) is 26.7. The molecule has 108 valence electrons. The van der Waals surface area contributed by atoms with Gasteiger partial charge in [-0.2, -0.15) is 0 Å². The summed E-state index contributed by atoms with van der Waals surface area (Å²) in [6, 6.07) is 3.25. The largest absolute Gasteiger partial charge is 0.490 e. The summed E-state index contributed by atoms with van der Waals surface area (Å²) in [5.41, 5.74) is -0.288. The van der Waals surface area contributed by atoms with Crippen LogP contribution in [0.4, 0.5) is 0 Å². The first-order chi connectivity index (χ1) is 9.62. The minimum absolute atomic E-state index is 0.321. The number of H-pyrrole nitrogens is 1. The van der Waals surface area contributed by atoms with E-state index >= 15 is 0 Å². The van der Waals surface area contributed by atoms with Gasteiger partial charge in [0.2, 0.25) is 0 Å². The Bertz CT molecular complexity index is 730. The van der Waals surface area contributed by atoms with Gasteiger partial charge in [0.1, 0.15) is 0 Å². The van der Waals surface area contributed by atoms with E-state index in [2.05, 4.69) is 4.98 Å². The fourth-order valence-corrected chi connectivity index (χ4v) is 2.08. The van der Waals surface area contributed by atoms with Gasteiger partial charge in [-0.05, 0) is 26.8 Å². The van der Waals surface area contributed by atoms with E-state index in [1.54, 1.807) is 19.1 Å². The Morgan fingerprint density at radius 2 is 1.65 bits per heavy atom. The molecular formula is C14H18N2O4. The third kappa shape index (κ3) is 2.41. The summed E-state index contributed by atoms with van der Waals surface area (Å²) in [6.45, 7) is 6.73. The van der Waals surface area contributed by atoms with Crippen LogP contribution < -0.4 is 20.7 Å². The van der Waals surface area contributed by atoms with Gasteiger partial charge in [-0.1, -0.05) is 0 Å². The van der Waals surface area contributed by atoms with Gasteiger partial charge in [-0.25, -0.2) is 4.79 Å². The van der Waals surface area contributed by atoms with Crippen LogP contribution in [0.25, 0.3) is 10.9 Å². The van der Waals surface area contributed by atoms with Crippen molar-refractivity contribution in [3.63, 3.8) is 0 Å². The smallest absolute Gasteiger partial charge is 0.328 e. The minimum Gasteiger partial charge on any atom is -0.490 e. The van der Waals surface area contributed by atoms with E-state index in [-0.39, 0.29) is 5.56 Å². The van der Waals surface area contributed by atoms with Crippen LogP contribution in [0.3, 0.4) is 0 Å². The monoisotopic (exact) mass is 278 g/mol. The van der Waals surface area contributed by atoms with Crippen LogP contribution in [0.5, 0.6) is 11.5 Å².